The van der Waals surface area contributed by atoms with E-state index in [2.05, 4.69) is 5.16 Å². The molecule has 0 spiro atoms. The van der Waals surface area contributed by atoms with Gasteiger partial charge in [-0.3, -0.25) is 4.79 Å². The molecule has 1 heterocycles. The molecule has 4 heteroatoms. The zero-order valence-corrected chi connectivity index (χ0v) is 7.51. The summed E-state index contributed by atoms with van der Waals surface area (Å²) in [4.78, 5) is 15.9. The van der Waals surface area contributed by atoms with Crippen LogP contribution in [0.3, 0.4) is 0 Å². The third-order valence-corrected chi connectivity index (χ3v) is 2.19. The molecule has 0 radical (unpaired) electrons. The van der Waals surface area contributed by atoms with Crippen molar-refractivity contribution in [1.29, 1.82) is 0 Å². The molecular formula is C10H10N2O2. The van der Waals surface area contributed by atoms with Crippen LogP contribution in [-0.2, 0) is 9.63 Å². The number of oxime groups is 1. The van der Waals surface area contributed by atoms with Crippen molar-refractivity contribution in [3.63, 3.8) is 0 Å². The van der Waals surface area contributed by atoms with Crippen LogP contribution in [0, 0.1) is 0 Å². The van der Waals surface area contributed by atoms with Gasteiger partial charge in [-0.1, -0.05) is 35.5 Å². The molecule has 0 bridgehead atoms. The minimum Gasteiger partial charge on any atom is -0.394 e. The molecular weight excluding hydrogens is 180 g/mol. The second-order valence-electron chi connectivity index (χ2n) is 3.10. The van der Waals surface area contributed by atoms with Gasteiger partial charge in [0.15, 0.2) is 5.71 Å². The number of rotatable bonds is 2. The molecule has 0 saturated heterocycles. The summed E-state index contributed by atoms with van der Waals surface area (Å²) in [5.74, 6) is -0.634. The van der Waals surface area contributed by atoms with E-state index in [-0.39, 0.29) is 5.92 Å². The Balaban J connectivity index is 2.29. The van der Waals surface area contributed by atoms with E-state index in [0.29, 0.717) is 12.3 Å². The first-order valence-electron chi connectivity index (χ1n) is 4.33. The standard InChI is InChI=1S/C10H10N2O2/c11-10(13)9-8(6-14-12-9)7-4-2-1-3-5-7/h1-5,8H,6H2,(H2,11,13). The Morgan fingerprint density at radius 1 is 1.43 bits per heavy atom. The number of amides is 1. The van der Waals surface area contributed by atoms with Crippen molar-refractivity contribution >= 4 is 11.6 Å². The molecule has 1 aromatic carbocycles. The molecule has 1 atom stereocenters. The summed E-state index contributed by atoms with van der Waals surface area (Å²) in [5.41, 5.74) is 6.48. The minimum atomic E-state index is -0.517. The largest absolute Gasteiger partial charge is 0.394 e. The van der Waals surface area contributed by atoms with Gasteiger partial charge in [0, 0.05) is 0 Å². The van der Waals surface area contributed by atoms with Gasteiger partial charge >= 0.3 is 0 Å². The number of nitrogens with zero attached hydrogens (tertiary/aromatic N) is 1. The Bertz CT molecular complexity index is 373. The number of nitrogens with two attached hydrogens (primary N) is 1. The van der Waals surface area contributed by atoms with Crippen molar-refractivity contribution < 1.29 is 9.63 Å². The highest BCUT2D eigenvalue weighted by atomic mass is 16.6. The first kappa shape index (κ1) is 8.74. The summed E-state index contributed by atoms with van der Waals surface area (Å²) in [5, 5.41) is 3.64. The first-order valence-corrected chi connectivity index (χ1v) is 4.33. The van der Waals surface area contributed by atoms with E-state index < -0.39 is 5.91 Å². The molecule has 2 N–H and O–H groups in total. The van der Waals surface area contributed by atoms with Gasteiger partial charge < -0.3 is 10.6 Å². The predicted octanol–water partition coefficient (Wildman–Crippen LogP) is 0.642. The fourth-order valence-electron chi connectivity index (χ4n) is 1.48. The van der Waals surface area contributed by atoms with Crippen LogP contribution in [0.1, 0.15) is 11.5 Å². The lowest BCUT2D eigenvalue weighted by Crippen LogP contribution is -2.27. The maximum absolute atomic E-state index is 11.0. The highest BCUT2D eigenvalue weighted by Gasteiger charge is 2.28. The van der Waals surface area contributed by atoms with Crippen molar-refractivity contribution in [2.75, 3.05) is 6.61 Å². The fraction of sp³-hybridized carbons (Fsp3) is 0.200. The molecule has 1 unspecified atom stereocenters. The number of carbonyl (C=O) groups is 1. The number of hydrogen-bond acceptors (Lipinski definition) is 3. The van der Waals surface area contributed by atoms with Gasteiger partial charge in [0.05, 0.1) is 5.92 Å². The molecule has 1 amide bonds. The van der Waals surface area contributed by atoms with Gasteiger partial charge in [-0.2, -0.15) is 0 Å². The summed E-state index contributed by atoms with van der Waals surface area (Å²) < 4.78 is 0. The van der Waals surface area contributed by atoms with Crippen LogP contribution in [0.25, 0.3) is 0 Å². The monoisotopic (exact) mass is 190 g/mol. The number of benzene rings is 1. The van der Waals surface area contributed by atoms with Crippen LogP contribution in [0.5, 0.6) is 0 Å². The zero-order valence-electron chi connectivity index (χ0n) is 7.51. The molecule has 0 aromatic heterocycles. The van der Waals surface area contributed by atoms with Crippen molar-refractivity contribution in [2.24, 2.45) is 10.9 Å². The van der Waals surface area contributed by atoms with Gasteiger partial charge in [-0.05, 0) is 5.56 Å². The fourth-order valence-corrected chi connectivity index (χ4v) is 1.48. The van der Waals surface area contributed by atoms with E-state index in [1.807, 2.05) is 30.3 Å². The van der Waals surface area contributed by atoms with Gasteiger partial charge in [-0.25, -0.2) is 0 Å². The van der Waals surface area contributed by atoms with Crippen LogP contribution in [0.4, 0.5) is 0 Å². The second-order valence-corrected chi connectivity index (χ2v) is 3.10. The zero-order chi connectivity index (χ0) is 9.97. The summed E-state index contributed by atoms with van der Waals surface area (Å²) in [6.45, 7) is 0.391. The minimum absolute atomic E-state index is 0.117. The highest BCUT2D eigenvalue weighted by Crippen LogP contribution is 2.22. The number of hydrogen-bond donors (Lipinski definition) is 1. The van der Waals surface area contributed by atoms with Crippen molar-refractivity contribution in [3.05, 3.63) is 35.9 Å². The first-order chi connectivity index (χ1) is 6.79. The third kappa shape index (κ3) is 1.46. The smallest absolute Gasteiger partial charge is 0.267 e. The molecule has 0 fully saturated rings. The van der Waals surface area contributed by atoms with Gasteiger partial charge in [0.2, 0.25) is 0 Å². The van der Waals surface area contributed by atoms with E-state index in [0.717, 1.165) is 5.56 Å². The summed E-state index contributed by atoms with van der Waals surface area (Å²) >= 11 is 0. The van der Waals surface area contributed by atoms with Gasteiger partial charge in [0.25, 0.3) is 5.91 Å². The second kappa shape index (κ2) is 3.49. The maximum Gasteiger partial charge on any atom is 0.267 e. The van der Waals surface area contributed by atoms with Gasteiger partial charge in [0.1, 0.15) is 6.61 Å². The van der Waals surface area contributed by atoms with Crippen LogP contribution < -0.4 is 5.73 Å². The Morgan fingerprint density at radius 2 is 2.14 bits per heavy atom. The number of carbonyl (C=O) groups excluding carboxylic acids is 1. The lowest BCUT2D eigenvalue weighted by molar-refractivity contribution is -0.112. The third-order valence-electron chi connectivity index (χ3n) is 2.19. The summed E-state index contributed by atoms with van der Waals surface area (Å²) in [6, 6.07) is 9.59. The molecule has 0 saturated carbocycles. The Labute approximate surface area is 81.3 Å². The van der Waals surface area contributed by atoms with E-state index in [1.54, 1.807) is 0 Å². The lowest BCUT2D eigenvalue weighted by atomic mass is 9.95. The molecule has 0 aliphatic carbocycles. The van der Waals surface area contributed by atoms with E-state index in [9.17, 15) is 4.79 Å². The molecule has 1 aromatic rings. The van der Waals surface area contributed by atoms with Crippen molar-refractivity contribution in [3.8, 4) is 0 Å². The topological polar surface area (TPSA) is 64.7 Å². The summed E-state index contributed by atoms with van der Waals surface area (Å²) in [7, 11) is 0. The molecule has 14 heavy (non-hydrogen) atoms. The Morgan fingerprint density at radius 3 is 2.79 bits per heavy atom. The summed E-state index contributed by atoms with van der Waals surface area (Å²) in [6.07, 6.45) is 0. The van der Waals surface area contributed by atoms with Crippen LogP contribution >= 0.6 is 0 Å². The van der Waals surface area contributed by atoms with Crippen LogP contribution in [0.15, 0.2) is 35.5 Å². The van der Waals surface area contributed by atoms with E-state index >= 15 is 0 Å². The Hall–Kier alpha value is -1.84. The molecule has 1 aliphatic heterocycles. The molecule has 1 aliphatic rings. The van der Waals surface area contributed by atoms with Crippen LogP contribution in [-0.4, -0.2) is 18.2 Å². The average Bonchev–Trinajstić information content (AvgIpc) is 2.67. The van der Waals surface area contributed by atoms with Gasteiger partial charge in [-0.15, -0.1) is 0 Å². The molecule has 4 nitrogen and oxygen atoms in total. The average molecular weight is 190 g/mol. The Kier molecular flexibility index (Phi) is 2.18. The van der Waals surface area contributed by atoms with Crippen molar-refractivity contribution in [1.82, 2.24) is 0 Å². The van der Waals surface area contributed by atoms with Crippen LogP contribution in [0.2, 0.25) is 0 Å². The van der Waals surface area contributed by atoms with E-state index in [4.69, 9.17) is 10.6 Å². The number of primary amides is 1. The highest BCUT2D eigenvalue weighted by molar-refractivity contribution is 6.40. The van der Waals surface area contributed by atoms with Crippen molar-refractivity contribution in [2.45, 2.75) is 5.92 Å². The lowest BCUT2D eigenvalue weighted by Gasteiger charge is -2.07. The quantitative estimate of drug-likeness (QED) is 0.743. The maximum atomic E-state index is 11.0. The van der Waals surface area contributed by atoms with E-state index in [1.165, 1.54) is 0 Å². The predicted molar refractivity (Wildman–Crippen MR) is 51.8 cm³/mol. The molecule has 2 rings (SSSR count). The SMILES string of the molecule is NC(=O)C1=NOCC1c1ccccc1. The molecule has 72 valence electrons. The normalized spacial score (nSPS) is 20.0.